The van der Waals surface area contributed by atoms with E-state index >= 15 is 0 Å². The standard InChI is InChI=1S/C19H27N3O3S/c23-18(13-20-19(24)16-5-2-1-3-6-16)22-7-4-12-26-15-17(22)14-21-8-10-25-11-9-21/h1-3,5-6,17H,4,7-15H2,(H,20,24). The zero-order chi connectivity index (χ0) is 18.2. The number of hydrogen-bond donors (Lipinski definition) is 1. The number of ether oxygens (including phenoxy) is 1. The van der Waals surface area contributed by atoms with E-state index in [1.165, 1.54) is 0 Å². The molecule has 1 unspecified atom stereocenters. The molecule has 2 aliphatic heterocycles. The summed E-state index contributed by atoms with van der Waals surface area (Å²) in [6.45, 7) is 5.08. The van der Waals surface area contributed by atoms with Crippen LogP contribution in [-0.2, 0) is 9.53 Å². The normalized spacial score (nSPS) is 21.8. The van der Waals surface area contributed by atoms with Gasteiger partial charge in [0.2, 0.25) is 5.91 Å². The number of benzene rings is 1. The Kier molecular flexibility index (Phi) is 7.34. The van der Waals surface area contributed by atoms with Crippen LogP contribution in [0.15, 0.2) is 30.3 Å². The molecule has 0 aromatic heterocycles. The second-order valence-corrected chi connectivity index (χ2v) is 7.78. The lowest BCUT2D eigenvalue weighted by Gasteiger charge is -2.35. The van der Waals surface area contributed by atoms with Gasteiger partial charge in [0.05, 0.1) is 25.8 Å². The molecule has 0 radical (unpaired) electrons. The van der Waals surface area contributed by atoms with Crippen LogP contribution in [0.2, 0.25) is 0 Å². The van der Waals surface area contributed by atoms with Crippen molar-refractivity contribution in [2.75, 3.05) is 57.4 Å². The third kappa shape index (κ3) is 5.46. The molecule has 1 aromatic carbocycles. The summed E-state index contributed by atoms with van der Waals surface area (Å²) in [5.41, 5.74) is 0.580. The maximum absolute atomic E-state index is 12.8. The number of nitrogens with one attached hydrogen (secondary N) is 1. The molecule has 2 fully saturated rings. The smallest absolute Gasteiger partial charge is 0.251 e. The molecule has 7 heteroatoms. The molecule has 1 aromatic rings. The van der Waals surface area contributed by atoms with Crippen LogP contribution >= 0.6 is 11.8 Å². The summed E-state index contributed by atoms with van der Waals surface area (Å²) in [6, 6.07) is 9.21. The summed E-state index contributed by atoms with van der Waals surface area (Å²) in [4.78, 5) is 29.3. The number of hydrogen-bond acceptors (Lipinski definition) is 5. The maximum atomic E-state index is 12.8. The van der Waals surface area contributed by atoms with Crippen molar-refractivity contribution in [3.63, 3.8) is 0 Å². The van der Waals surface area contributed by atoms with Crippen molar-refractivity contribution in [3.05, 3.63) is 35.9 Å². The summed E-state index contributed by atoms with van der Waals surface area (Å²) in [6.07, 6.45) is 1.00. The topological polar surface area (TPSA) is 61.9 Å². The first-order valence-corrected chi connectivity index (χ1v) is 10.4. The number of rotatable bonds is 5. The molecule has 2 heterocycles. The lowest BCUT2D eigenvalue weighted by atomic mass is 10.2. The van der Waals surface area contributed by atoms with Crippen molar-refractivity contribution in [2.45, 2.75) is 12.5 Å². The summed E-state index contributed by atoms with van der Waals surface area (Å²) < 4.78 is 5.42. The van der Waals surface area contributed by atoms with E-state index in [1.807, 2.05) is 34.9 Å². The van der Waals surface area contributed by atoms with Gasteiger partial charge in [-0.15, -0.1) is 0 Å². The first-order chi connectivity index (χ1) is 12.7. The van der Waals surface area contributed by atoms with Crippen LogP contribution < -0.4 is 5.32 Å². The van der Waals surface area contributed by atoms with E-state index in [2.05, 4.69) is 10.2 Å². The van der Waals surface area contributed by atoms with Gasteiger partial charge in [0.25, 0.3) is 5.91 Å². The fraction of sp³-hybridized carbons (Fsp3) is 0.579. The average Bonchev–Trinajstić information content (AvgIpc) is 2.93. The number of carbonyl (C=O) groups is 2. The molecule has 2 saturated heterocycles. The van der Waals surface area contributed by atoms with E-state index in [0.29, 0.717) is 5.56 Å². The first-order valence-electron chi connectivity index (χ1n) is 9.24. The molecular weight excluding hydrogens is 350 g/mol. The highest BCUT2D eigenvalue weighted by Crippen LogP contribution is 2.18. The van der Waals surface area contributed by atoms with Gasteiger partial charge in [-0.05, 0) is 24.3 Å². The highest BCUT2D eigenvalue weighted by Gasteiger charge is 2.28. The largest absolute Gasteiger partial charge is 0.379 e. The van der Waals surface area contributed by atoms with Crippen LogP contribution in [0.4, 0.5) is 0 Å². The van der Waals surface area contributed by atoms with Crippen molar-refractivity contribution in [1.82, 2.24) is 15.1 Å². The van der Waals surface area contributed by atoms with Crippen molar-refractivity contribution in [3.8, 4) is 0 Å². The molecule has 0 bridgehead atoms. The van der Waals surface area contributed by atoms with Crippen molar-refractivity contribution < 1.29 is 14.3 Å². The third-order valence-electron chi connectivity index (χ3n) is 4.77. The molecule has 0 aliphatic carbocycles. The Labute approximate surface area is 159 Å². The lowest BCUT2D eigenvalue weighted by Crippen LogP contribution is -2.52. The van der Waals surface area contributed by atoms with Crippen LogP contribution in [0.5, 0.6) is 0 Å². The fourth-order valence-electron chi connectivity index (χ4n) is 3.34. The summed E-state index contributed by atoms with van der Waals surface area (Å²) in [7, 11) is 0. The Hall–Kier alpha value is -1.57. The van der Waals surface area contributed by atoms with Crippen LogP contribution in [0.1, 0.15) is 16.8 Å². The Morgan fingerprint density at radius 2 is 1.92 bits per heavy atom. The van der Waals surface area contributed by atoms with Crippen molar-refractivity contribution >= 4 is 23.6 Å². The second-order valence-electron chi connectivity index (χ2n) is 6.63. The predicted octanol–water partition coefficient (Wildman–Crippen LogP) is 1.08. The predicted molar refractivity (Wildman–Crippen MR) is 103 cm³/mol. The lowest BCUT2D eigenvalue weighted by molar-refractivity contribution is -0.132. The van der Waals surface area contributed by atoms with Crippen LogP contribution in [-0.4, -0.2) is 85.1 Å². The molecule has 142 valence electrons. The molecular formula is C19H27N3O3S. The van der Waals surface area contributed by atoms with Gasteiger partial charge in [-0.1, -0.05) is 18.2 Å². The second kappa shape index (κ2) is 9.94. The van der Waals surface area contributed by atoms with Gasteiger partial charge < -0.3 is 15.0 Å². The number of carbonyl (C=O) groups excluding carboxylic acids is 2. The van der Waals surface area contributed by atoms with E-state index in [-0.39, 0.29) is 24.4 Å². The quantitative estimate of drug-likeness (QED) is 0.832. The van der Waals surface area contributed by atoms with Gasteiger partial charge in [0.15, 0.2) is 0 Å². The van der Waals surface area contributed by atoms with Crippen molar-refractivity contribution in [2.24, 2.45) is 0 Å². The van der Waals surface area contributed by atoms with Gasteiger partial charge in [-0.3, -0.25) is 14.5 Å². The Balaban J connectivity index is 1.56. The van der Waals surface area contributed by atoms with E-state index in [9.17, 15) is 9.59 Å². The number of thioether (sulfide) groups is 1. The van der Waals surface area contributed by atoms with Gasteiger partial charge >= 0.3 is 0 Å². The number of morpholine rings is 1. The van der Waals surface area contributed by atoms with Gasteiger partial charge in [-0.2, -0.15) is 11.8 Å². The van der Waals surface area contributed by atoms with Gasteiger partial charge in [-0.25, -0.2) is 0 Å². The summed E-state index contributed by atoms with van der Waals surface area (Å²) >= 11 is 1.92. The van der Waals surface area contributed by atoms with Gasteiger partial charge in [0, 0.05) is 37.5 Å². The Morgan fingerprint density at radius 3 is 2.69 bits per heavy atom. The van der Waals surface area contributed by atoms with Crippen LogP contribution in [0.3, 0.4) is 0 Å². The maximum Gasteiger partial charge on any atom is 0.251 e. The highest BCUT2D eigenvalue weighted by molar-refractivity contribution is 7.99. The first kappa shape index (κ1) is 19.2. The zero-order valence-electron chi connectivity index (χ0n) is 15.1. The Morgan fingerprint density at radius 1 is 1.15 bits per heavy atom. The summed E-state index contributed by atoms with van der Waals surface area (Å²) in [5, 5.41) is 2.77. The molecule has 3 rings (SSSR count). The molecule has 1 N–H and O–H groups in total. The molecule has 26 heavy (non-hydrogen) atoms. The minimum atomic E-state index is -0.201. The van der Waals surface area contributed by atoms with E-state index in [0.717, 1.165) is 57.3 Å². The molecule has 6 nitrogen and oxygen atoms in total. The van der Waals surface area contributed by atoms with E-state index in [4.69, 9.17) is 4.74 Å². The molecule has 2 amide bonds. The molecule has 1 atom stereocenters. The molecule has 2 aliphatic rings. The van der Waals surface area contributed by atoms with Crippen LogP contribution in [0, 0.1) is 0 Å². The number of amides is 2. The van der Waals surface area contributed by atoms with Gasteiger partial charge in [0.1, 0.15) is 0 Å². The SMILES string of the molecule is O=C(NCC(=O)N1CCCSCC1CN1CCOCC1)c1ccccc1. The zero-order valence-corrected chi connectivity index (χ0v) is 15.9. The Bertz CT molecular complexity index is 593. The fourth-order valence-corrected chi connectivity index (χ4v) is 4.40. The molecule has 0 spiro atoms. The monoisotopic (exact) mass is 377 g/mol. The average molecular weight is 378 g/mol. The molecule has 0 saturated carbocycles. The summed E-state index contributed by atoms with van der Waals surface area (Å²) in [5.74, 6) is 1.85. The third-order valence-corrected chi connectivity index (χ3v) is 5.97. The minimum Gasteiger partial charge on any atom is -0.379 e. The number of nitrogens with zero attached hydrogens (tertiary/aromatic N) is 2. The van der Waals surface area contributed by atoms with E-state index < -0.39 is 0 Å². The highest BCUT2D eigenvalue weighted by atomic mass is 32.2. The van der Waals surface area contributed by atoms with Crippen LogP contribution in [0.25, 0.3) is 0 Å². The van der Waals surface area contributed by atoms with Crippen molar-refractivity contribution in [1.29, 1.82) is 0 Å². The minimum absolute atomic E-state index is 0.00930. The van der Waals surface area contributed by atoms with E-state index in [1.54, 1.807) is 12.1 Å².